The minimum Gasteiger partial charge on any atom is -0.355 e. The highest BCUT2D eigenvalue weighted by molar-refractivity contribution is 6.07. The number of carbonyl (C=O) groups excluding carboxylic acids is 3. The molecule has 0 radical (unpaired) electrons. The second-order valence-electron chi connectivity index (χ2n) is 7.94. The van der Waals surface area contributed by atoms with E-state index in [2.05, 4.69) is 5.32 Å². The molecule has 31 heavy (non-hydrogen) atoms. The standard InChI is InChI=1S/C23H24FN3O4/c1-14-3-7-16(8-4-14)20-19-21(23(30)26(2)22(19)29)31-27(20)13-18(28)25-12-11-15-5-9-17(24)10-6-15/h3-10,19-21H,11-13H2,1-2H3,(H,25,28). The molecule has 0 spiro atoms. The number of nitrogens with one attached hydrogen (secondary N) is 1. The van der Waals surface area contributed by atoms with Crippen LogP contribution in [0.5, 0.6) is 0 Å². The summed E-state index contributed by atoms with van der Waals surface area (Å²) in [5, 5.41) is 4.26. The smallest absolute Gasteiger partial charge is 0.261 e. The molecule has 0 bridgehead atoms. The molecule has 1 N–H and O–H groups in total. The second-order valence-corrected chi connectivity index (χ2v) is 7.94. The van der Waals surface area contributed by atoms with Gasteiger partial charge in [-0.1, -0.05) is 42.0 Å². The van der Waals surface area contributed by atoms with Gasteiger partial charge in [-0.25, -0.2) is 4.39 Å². The Morgan fingerprint density at radius 3 is 2.42 bits per heavy atom. The van der Waals surface area contributed by atoms with Gasteiger partial charge in [-0.3, -0.25) is 24.1 Å². The van der Waals surface area contributed by atoms with Crippen molar-refractivity contribution in [3.8, 4) is 0 Å². The van der Waals surface area contributed by atoms with Crippen LogP contribution >= 0.6 is 0 Å². The van der Waals surface area contributed by atoms with Crippen molar-refractivity contribution in [2.75, 3.05) is 20.1 Å². The van der Waals surface area contributed by atoms with Crippen molar-refractivity contribution in [2.45, 2.75) is 25.5 Å². The van der Waals surface area contributed by atoms with Gasteiger partial charge in [-0.15, -0.1) is 0 Å². The Labute approximate surface area is 179 Å². The summed E-state index contributed by atoms with van der Waals surface area (Å²) in [7, 11) is 1.45. The molecule has 4 rings (SSSR count). The van der Waals surface area contributed by atoms with E-state index in [4.69, 9.17) is 4.84 Å². The highest BCUT2D eigenvalue weighted by atomic mass is 19.1. The summed E-state index contributed by atoms with van der Waals surface area (Å²) in [6.45, 7) is 2.22. The number of hydroxylamine groups is 2. The molecule has 2 saturated heterocycles. The fraction of sp³-hybridized carbons (Fsp3) is 0.348. The van der Waals surface area contributed by atoms with E-state index >= 15 is 0 Å². The molecule has 3 atom stereocenters. The minimum atomic E-state index is -0.921. The Hall–Kier alpha value is -3.10. The lowest BCUT2D eigenvalue weighted by molar-refractivity contribution is -0.181. The number of likely N-dealkylation sites (tertiary alicyclic amines) is 1. The zero-order chi connectivity index (χ0) is 22.1. The molecule has 3 unspecified atom stereocenters. The summed E-state index contributed by atoms with van der Waals surface area (Å²) in [6.07, 6.45) is -0.364. The number of carbonyl (C=O) groups is 3. The van der Waals surface area contributed by atoms with Gasteiger partial charge in [0, 0.05) is 13.6 Å². The van der Waals surface area contributed by atoms with Crippen molar-refractivity contribution in [3.05, 3.63) is 71.0 Å². The quantitative estimate of drug-likeness (QED) is 0.714. The first-order valence-electron chi connectivity index (χ1n) is 10.2. The first kappa shape index (κ1) is 21.1. The predicted molar refractivity (Wildman–Crippen MR) is 110 cm³/mol. The van der Waals surface area contributed by atoms with Crippen molar-refractivity contribution < 1.29 is 23.6 Å². The molecule has 0 saturated carbocycles. The van der Waals surface area contributed by atoms with Crippen LogP contribution in [0.3, 0.4) is 0 Å². The van der Waals surface area contributed by atoms with Crippen LogP contribution in [0.1, 0.15) is 22.7 Å². The number of amides is 3. The Morgan fingerprint density at radius 2 is 1.74 bits per heavy atom. The van der Waals surface area contributed by atoms with Gasteiger partial charge in [0.25, 0.3) is 5.91 Å². The van der Waals surface area contributed by atoms with Crippen molar-refractivity contribution in [1.29, 1.82) is 0 Å². The fourth-order valence-corrected chi connectivity index (χ4v) is 4.08. The first-order valence-corrected chi connectivity index (χ1v) is 10.2. The van der Waals surface area contributed by atoms with E-state index in [-0.39, 0.29) is 24.2 Å². The molecule has 2 fully saturated rings. The van der Waals surface area contributed by atoms with Crippen LogP contribution in [0.2, 0.25) is 0 Å². The molecule has 8 heteroatoms. The van der Waals surface area contributed by atoms with Crippen LogP contribution in [-0.2, 0) is 25.6 Å². The maximum atomic E-state index is 13.0. The number of halogens is 1. The monoisotopic (exact) mass is 425 g/mol. The maximum absolute atomic E-state index is 13.0. The van der Waals surface area contributed by atoms with E-state index in [0.29, 0.717) is 13.0 Å². The lowest BCUT2D eigenvalue weighted by Gasteiger charge is -2.26. The third-order valence-corrected chi connectivity index (χ3v) is 5.78. The Balaban J connectivity index is 1.45. The van der Waals surface area contributed by atoms with Crippen LogP contribution in [0, 0.1) is 18.7 Å². The van der Waals surface area contributed by atoms with E-state index in [1.807, 2.05) is 31.2 Å². The van der Waals surface area contributed by atoms with Gasteiger partial charge >= 0.3 is 0 Å². The third-order valence-electron chi connectivity index (χ3n) is 5.78. The van der Waals surface area contributed by atoms with Crippen LogP contribution in [0.15, 0.2) is 48.5 Å². The molecule has 7 nitrogen and oxygen atoms in total. The molecule has 3 amide bonds. The zero-order valence-electron chi connectivity index (χ0n) is 17.4. The van der Waals surface area contributed by atoms with Crippen LogP contribution in [-0.4, -0.2) is 53.9 Å². The number of rotatable bonds is 6. The number of aryl methyl sites for hydroxylation is 1. The topological polar surface area (TPSA) is 79.0 Å². The van der Waals surface area contributed by atoms with Gasteiger partial charge in [0.1, 0.15) is 12.4 Å². The second kappa shape index (κ2) is 8.56. The number of fused-ring (bicyclic) bond motifs is 1. The lowest BCUT2D eigenvalue weighted by Crippen LogP contribution is -2.40. The van der Waals surface area contributed by atoms with E-state index in [0.717, 1.165) is 21.6 Å². The lowest BCUT2D eigenvalue weighted by atomic mass is 9.90. The number of benzene rings is 2. The third kappa shape index (κ3) is 4.22. The number of imide groups is 1. The summed E-state index contributed by atoms with van der Waals surface area (Å²) in [5.41, 5.74) is 2.79. The van der Waals surface area contributed by atoms with Gasteiger partial charge in [0.05, 0.1) is 12.0 Å². The number of nitrogens with zero attached hydrogens (tertiary/aromatic N) is 2. The SMILES string of the molecule is Cc1ccc(C2C3C(=O)N(C)C(=O)C3ON2CC(=O)NCCc2ccc(F)cc2)cc1. The van der Waals surface area contributed by atoms with E-state index in [1.165, 1.54) is 24.2 Å². The summed E-state index contributed by atoms with van der Waals surface area (Å²) < 4.78 is 13.0. The summed E-state index contributed by atoms with van der Waals surface area (Å²) in [4.78, 5) is 44.6. The molecular formula is C23H24FN3O4. The van der Waals surface area contributed by atoms with E-state index < -0.39 is 24.0 Å². The Bertz CT molecular complexity index is 993. The molecule has 0 aromatic heterocycles. The first-order chi connectivity index (χ1) is 14.8. The summed E-state index contributed by atoms with van der Waals surface area (Å²) in [6, 6.07) is 13.2. The van der Waals surface area contributed by atoms with Crippen LogP contribution in [0.25, 0.3) is 0 Å². The molecule has 162 valence electrons. The maximum Gasteiger partial charge on any atom is 0.261 e. The van der Waals surface area contributed by atoms with Gasteiger partial charge in [-0.2, -0.15) is 5.06 Å². The average molecular weight is 425 g/mol. The highest BCUT2D eigenvalue weighted by Crippen LogP contribution is 2.43. The largest absolute Gasteiger partial charge is 0.355 e. The van der Waals surface area contributed by atoms with Crippen LogP contribution in [0.4, 0.5) is 4.39 Å². The van der Waals surface area contributed by atoms with Crippen molar-refractivity contribution in [3.63, 3.8) is 0 Å². The fourth-order valence-electron chi connectivity index (χ4n) is 4.08. The van der Waals surface area contributed by atoms with Gasteiger partial charge in [0.2, 0.25) is 11.8 Å². The van der Waals surface area contributed by atoms with Crippen molar-refractivity contribution in [2.24, 2.45) is 5.92 Å². The number of likely N-dealkylation sites (N-methyl/N-ethyl adjacent to an activating group) is 1. The number of hydrogen-bond donors (Lipinski definition) is 1. The molecular weight excluding hydrogens is 401 g/mol. The van der Waals surface area contributed by atoms with Gasteiger partial charge in [0.15, 0.2) is 6.10 Å². The van der Waals surface area contributed by atoms with E-state index in [1.54, 1.807) is 12.1 Å². The Morgan fingerprint density at radius 1 is 1.06 bits per heavy atom. The highest BCUT2D eigenvalue weighted by Gasteiger charge is 2.58. The number of hydrogen-bond acceptors (Lipinski definition) is 5. The van der Waals surface area contributed by atoms with E-state index in [9.17, 15) is 18.8 Å². The molecule has 2 aliphatic heterocycles. The molecule has 2 aromatic rings. The van der Waals surface area contributed by atoms with Crippen molar-refractivity contribution >= 4 is 17.7 Å². The minimum absolute atomic E-state index is 0.112. The van der Waals surface area contributed by atoms with Gasteiger partial charge < -0.3 is 5.32 Å². The summed E-state index contributed by atoms with van der Waals surface area (Å²) in [5.74, 6) is -1.98. The molecule has 2 aromatic carbocycles. The molecule has 0 aliphatic carbocycles. The van der Waals surface area contributed by atoms with Crippen LogP contribution < -0.4 is 5.32 Å². The van der Waals surface area contributed by atoms with Crippen molar-refractivity contribution in [1.82, 2.24) is 15.3 Å². The Kier molecular flexibility index (Phi) is 5.84. The molecule has 2 heterocycles. The zero-order valence-corrected chi connectivity index (χ0v) is 17.4. The normalized spacial score (nSPS) is 23.3. The molecule has 2 aliphatic rings. The summed E-state index contributed by atoms with van der Waals surface area (Å²) >= 11 is 0. The predicted octanol–water partition coefficient (Wildman–Crippen LogP) is 1.76. The average Bonchev–Trinajstić information content (AvgIpc) is 3.21. The van der Waals surface area contributed by atoms with Gasteiger partial charge in [-0.05, 0) is 36.6 Å².